The number of H-pyrrole nitrogens is 1. The number of rotatable bonds is 2. The van der Waals surface area contributed by atoms with E-state index in [9.17, 15) is 9.59 Å². The highest BCUT2D eigenvalue weighted by atomic mass is 32.1. The third kappa shape index (κ3) is 2.40. The van der Waals surface area contributed by atoms with Gasteiger partial charge in [0.1, 0.15) is 0 Å². The number of hydrogen-bond donors (Lipinski definition) is 1. The fourth-order valence-electron chi connectivity index (χ4n) is 2.78. The molecule has 1 aromatic carbocycles. The van der Waals surface area contributed by atoms with Crippen molar-refractivity contribution in [2.24, 2.45) is 5.41 Å². The molecule has 110 valence electrons. The van der Waals surface area contributed by atoms with Crippen LogP contribution in [0.2, 0.25) is 0 Å². The molecule has 0 aliphatic heterocycles. The summed E-state index contributed by atoms with van der Waals surface area (Å²) in [4.78, 5) is 32.9. The minimum atomic E-state index is -0.521. The van der Waals surface area contributed by atoms with Gasteiger partial charge < -0.3 is 9.82 Å². The van der Waals surface area contributed by atoms with Crippen molar-refractivity contribution in [2.75, 3.05) is 0 Å². The maximum absolute atomic E-state index is 12.4. The van der Waals surface area contributed by atoms with Gasteiger partial charge >= 0.3 is 5.97 Å². The summed E-state index contributed by atoms with van der Waals surface area (Å²) in [6.07, 6.45) is 3.57. The normalized spacial score (nSPS) is 17.0. The molecular formula is C15H16N2O3S. The van der Waals surface area contributed by atoms with Gasteiger partial charge in [-0.05, 0) is 44.1 Å². The molecule has 1 fully saturated rings. The summed E-state index contributed by atoms with van der Waals surface area (Å²) in [5, 5.41) is 0.440. The minimum absolute atomic E-state index is 0.0913. The Labute approximate surface area is 126 Å². The van der Waals surface area contributed by atoms with E-state index in [0.29, 0.717) is 10.9 Å². The average molecular weight is 304 g/mol. The van der Waals surface area contributed by atoms with Gasteiger partial charge in [0.25, 0.3) is 5.56 Å². The number of aromatic nitrogens is 2. The first kappa shape index (κ1) is 14.0. The van der Waals surface area contributed by atoms with Crippen molar-refractivity contribution in [3.63, 3.8) is 0 Å². The van der Waals surface area contributed by atoms with Gasteiger partial charge in [-0.15, -0.1) is 4.73 Å². The van der Waals surface area contributed by atoms with Crippen LogP contribution in [-0.2, 0) is 4.79 Å². The van der Waals surface area contributed by atoms with E-state index >= 15 is 0 Å². The quantitative estimate of drug-likeness (QED) is 0.866. The van der Waals surface area contributed by atoms with Gasteiger partial charge in [0, 0.05) is 0 Å². The predicted molar refractivity (Wildman–Crippen MR) is 81.6 cm³/mol. The molecule has 1 aromatic heterocycles. The monoisotopic (exact) mass is 304 g/mol. The first-order chi connectivity index (χ1) is 10.0. The summed E-state index contributed by atoms with van der Waals surface area (Å²) >= 11 is 5.13. The first-order valence-electron chi connectivity index (χ1n) is 6.98. The highest BCUT2D eigenvalue weighted by Crippen LogP contribution is 2.37. The molecule has 0 amide bonds. The number of hydrogen-bond acceptors (Lipinski definition) is 4. The zero-order valence-corrected chi connectivity index (χ0v) is 12.5. The molecule has 5 nitrogen and oxygen atoms in total. The zero-order valence-electron chi connectivity index (χ0n) is 11.7. The topological polar surface area (TPSA) is 64.1 Å². The van der Waals surface area contributed by atoms with Crippen LogP contribution in [0.25, 0.3) is 10.9 Å². The second kappa shape index (κ2) is 5.11. The standard InChI is InChI=1S/C15H16N2O3S/c1-15(8-4-5-9-15)13(19)20-17-12(18)10-6-2-3-7-11(10)16-14(17)21/h2-3,6-7H,4-5,8-9H2,1H3,(H,16,21). The number of carbonyl (C=O) groups excluding carboxylic acids is 1. The van der Waals surface area contributed by atoms with Crippen LogP contribution in [0.1, 0.15) is 32.6 Å². The summed E-state index contributed by atoms with van der Waals surface area (Å²) in [6, 6.07) is 7.00. The Morgan fingerprint density at radius 2 is 2.00 bits per heavy atom. The molecule has 21 heavy (non-hydrogen) atoms. The second-order valence-electron chi connectivity index (χ2n) is 5.72. The van der Waals surface area contributed by atoms with E-state index in [1.165, 1.54) is 0 Å². The van der Waals surface area contributed by atoms with Crippen molar-refractivity contribution < 1.29 is 9.63 Å². The number of carbonyl (C=O) groups is 1. The molecule has 1 aliphatic carbocycles. The van der Waals surface area contributed by atoms with Crippen molar-refractivity contribution in [2.45, 2.75) is 32.6 Å². The van der Waals surface area contributed by atoms with Crippen molar-refractivity contribution in [1.29, 1.82) is 0 Å². The fraction of sp³-hybridized carbons (Fsp3) is 0.400. The molecule has 3 rings (SSSR count). The third-order valence-electron chi connectivity index (χ3n) is 4.14. The van der Waals surface area contributed by atoms with E-state index in [2.05, 4.69) is 4.98 Å². The molecule has 0 radical (unpaired) electrons. The molecule has 0 saturated heterocycles. The van der Waals surface area contributed by atoms with Gasteiger partial charge in [-0.2, -0.15) is 0 Å². The molecule has 6 heteroatoms. The summed E-state index contributed by atoms with van der Waals surface area (Å²) in [7, 11) is 0. The van der Waals surface area contributed by atoms with E-state index in [1.54, 1.807) is 18.2 Å². The summed E-state index contributed by atoms with van der Waals surface area (Å²) in [5.41, 5.74) is -0.302. The molecule has 1 N–H and O–H groups in total. The molecule has 0 unspecified atom stereocenters. The van der Waals surface area contributed by atoms with Crippen LogP contribution < -0.4 is 10.4 Å². The number of nitrogens with zero attached hydrogens (tertiary/aromatic N) is 1. The van der Waals surface area contributed by atoms with Gasteiger partial charge in [0.2, 0.25) is 4.77 Å². The Hall–Kier alpha value is -1.95. The second-order valence-corrected chi connectivity index (χ2v) is 6.11. The number of nitrogens with one attached hydrogen (secondary N) is 1. The molecule has 0 bridgehead atoms. The van der Waals surface area contributed by atoms with Gasteiger partial charge in [0.15, 0.2) is 0 Å². The zero-order chi connectivity index (χ0) is 15.0. The largest absolute Gasteiger partial charge is 0.338 e. The lowest BCUT2D eigenvalue weighted by molar-refractivity contribution is -0.155. The Morgan fingerprint density at radius 1 is 1.33 bits per heavy atom. The van der Waals surface area contributed by atoms with Crippen LogP contribution in [0.15, 0.2) is 29.1 Å². The Balaban J connectivity index is 2.03. The van der Waals surface area contributed by atoms with Crippen LogP contribution in [0.3, 0.4) is 0 Å². The van der Waals surface area contributed by atoms with Crippen LogP contribution in [0.5, 0.6) is 0 Å². The van der Waals surface area contributed by atoms with E-state index in [-0.39, 0.29) is 4.77 Å². The fourth-order valence-corrected chi connectivity index (χ4v) is 3.01. The van der Waals surface area contributed by atoms with E-state index < -0.39 is 16.9 Å². The van der Waals surface area contributed by atoms with Crippen molar-refractivity contribution in [3.8, 4) is 0 Å². The maximum Gasteiger partial charge on any atom is 0.338 e. The lowest BCUT2D eigenvalue weighted by Crippen LogP contribution is -2.39. The molecule has 0 spiro atoms. The van der Waals surface area contributed by atoms with Gasteiger partial charge in [-0.25, -0.2) is 4.79 Å². The Morgan fingerprint density at radius 3 is 2.71 bits per heavy atom. The summed E-state index contributed by atoms with van der Waals surface area (Å²) in [6.45, 7) is 1.88. The smallest absolute Gasteiger partial charge is 0.330 e. The Kier molecular flexibility index (Phi) is 3.41. The molecule has 0 atom stereocenters. The third-order valence-corrected chi connectivity index (χ3v) is 4.41. The van der Waals surface area contributed by atoms with E-state index in [0.717, 1.165) is 30.4 Å². The van der Waals surface area contributed by atoms with Gasteiger partial charge in [-0.1, -0.05) is 25.0 Å². The maximum atomic E-state index is 12.4. The van der Waals surface area contributed by atoms with Crippen molar-refractivity contribution in [1.82, 2.24) is 9.71 Å². The molecule has 1 saturated carbocycles. The number of fused-ring (bicyclic) bond motifs is 1. The molecule has 2 aromatic rings. The summed E-state index contributed by atoms with van der Waals surface area (Å²) < 4.78 is 0.984. The first-order valence-corrected chi connectivity index (χ1v) is 7.39. The van der Waals surface area contributed by atoms with Crippen molar-refractivity contribution in [3.05, 3.63) is 39.4 Å². The van der Waals surface area contributed by atoms with E-state index in [4.69, 9.17) is 17.1 Å². The molecule has 1 heterocycles. The summed E-state index contributed by atoms with van der Waals surface area (Å²) in [5.74, 6) is -0.392. The molecular weight excluding hydrogens is 288 g/mol. The van der Waals surface area contributed by atoms with Gasteiger partial charge in [-0.3, -0.25) is 4.79 Å². The lowest BCUT2D eigenvalue weighted by Gasteiger charge is -2.20. The van der Waals surface area contributed by atoms with Crippen LogP contribution in [-0.4, -0.2) is 15.7 Å². The van der Waals surface area contributed by atoms with Crippen molar-refractivity contribution >= 4 is 29.1 Å². The van der Waals surface area contributed by atoms with Crippen LogP contribution >= 0.6 is 12.2 Å². The van der Waals surface area contributed by atoms with Gasteiger partial charge in [0.05, 0.1) is 16.3 Å². The average Bonchev–Trinajstić information content (AvgIpc) is 2.91. The lowest BCUT2D eigenvalue weighted by atomic mass is 9.89. The molecule has 1 aliphatic rings. The minimum Gasteiger partial charge on any atom is -0.330 e. The Bertz CT molecular complexity index is 816. The SMILES string of the molecule is CC1(C(=O)On2c(=S)[nH]c3ccccc3c2=O)CCCC1. The number of para-hydroxylation sites is 1. The highest BCUT2D eigenvalue weighted by Gasteiger charge is 2.38. The number of aromatic amines is 1. The predicted octanol–water partition coefficient (Wildman–Crippen LogP) is 2.59. The van der Waals surface area contributed by atoms with E-state index in [1.807, 2.05) is 13.0 Å². The highest BCUT2D eigenvalue weighted by molar-refractivity contribution is 7.71. The number of benzene rings is 1. The van der Waals surface area contributed by atoms with Crippen LogP contribution in [0, 0.1) is 10.2 Å². The van der Waals surface area contributed by atoms with Crippen LogP contribution in [0.4, 0.5) is 0 Å².